The number of hydrogen-bond acceptors (Lipinski definition) is 0. The van der Waals surface area contributed by atoms with Crippen LogP contribution in [-0.2, 0) is 0 Å². The van der Waals surface area contributed by atoms with Crippen LogP contribution in [0.5, 0.6) is 0 Å². The molecular formula is C52H66Si2Sn2. The van der Waals surface area contributed by atoms with Gasteiger partial charge in [0, 0.05) is 0 Å². The summed E-state index contributed by atoms with van der Waals surface area (Å²) in [7, 11) is -1.75. The van der Waals surface area contributed by atoms with E-state index in [0.29, 0.717) is 13.7 Å². The van der Waals surface area contributed by atoms with Gasteiger partial charge in [-0.15, -0.1) is 0 Å². The second kappa shape index (κ2) is 23.1. The first-order valence-corrected chi connectivity index (χ1v) is 28.7. The van der Waals surface area contributed by atoms with Crippen molar-refractivity contribution in [2.24, 2.45) is 0 Å². The molecule has 6 aromatic carbocycles. The van der Waals surface area contributed by atoms with Crippen molar-refractivity contribution < 1.29 is 0 Å². The van der Waals surface area contributed by atoms with Gasteiger partial charge in [-0.2, -0.15) is 0 Å². The Kier molecular flexibility index (Phi) is 19.7. The fraction of sp³-hybridized carbons (Fsp3) is 0.308. The second-order valence-corrected chi connectivity index (χ2v) is 41.7. The first-order valence-electron chi connectivity index (χ1n) is 20.0. The Morgan fingerprint density at radius 2 is 0.357 bits per heavy atom. The summed E-state index contributed by atoms with van der Waals surface area (Å²) < 4.78 is 2.62. The maximum absolute atomic E-state index is 2.37. The molecule has 6 aromatic rings. The second-order valence-electron chi connectivity index (χ2n) is 18.2. The van der Waals surface area contributed by atoms with Crippen LogP contribution >= 0.6 is 0 Å². The molecule has 0 nitrogen and oxygen atoms in total. The summed E-state index contributed by atoms with van der Waals surface area (Å²) in [6.45, 7) is 28.4. The molecule has 4 heteroatoms. The zero-order valence-electron chi connectivity index (χ0n) is 36.3. The predicted molar refractivity (Wildman–Crippen MR) is 258 cm³/mol. The molecule has 0 bridgehead atoms. The summed E-state index contributed by atoms with van der Waals surface area (Å²) in [5, 5.41) is 8.61. The third kappa shape index (κ3) is 19.7. The fourth-order valence-corrected chi connectivity index (χ4v) is 24.9. The van der Waals surface area contributed by atoms with Gasteiger partial charge in [0.1, 0.15) is 0 Å². The van der Waals surface area contributed by atoms with E-state index in [0.717, 1.165) is 0 Å². The SMILES string of the molecule is C[C](C)(C)[Sn][C](C)(C)C.C[C](C)(C)[Sn][C](C)(C)C.c1ccc([Si](c2ccccc2)c2ccccc2)cc1.c1ccc([Si](c2ccccc2)c2ccccc2)cc1. The van der Waals surface area contributed by atoms with E-state index in [1.54, 1.807) is 0 Å². The Morgan fingerprint density at radius 3 is 0.446 bits per heavy atom. The van der Waals surface area contributed by atoms with Crippen LogP contribution in [0.3, 0.4) is 0 Å². The van der Waals surface area contributed by atoms with E-state index in [4.69, 9.17) is 0 Å². The van der Waals surface area contributed by atoms with Crippen LogP contribution in [0.15, 0.2) is 182 Å². The smallest absolute Gasteiger partial charge is 0.0624 e. The summed E-state index contributed by atoms with van der Waals surface area (Å²) in [5.74, 6) is 0. The minimum atomic E-state index is -0.877. The Bertz CT molecular complexity index is 1530. The average molecular weight is 985 g/mol. The Labute approximate surface area is 366 Å². The summed E-state index contributed by atoms with van der Waals surface area (Å²) in [4.78, 5) is 0. The third-order valence-corrected chi connectivity index (χ3v) is 21.9. The van der Waals surface area contributed by atoms with E-state index in [1.165, 1.54) is 31.1 Å². The zero-order chi connectivity index (χ0) is 41.2. The van der Waals surface area contributed by atoms with Crippen molar-refractivity contribution in [3.05, 3.63) is 182 Å². The van der Waals surface area contributed by atoms with Crippen molar-refractivity contribution in [2.45, 2.75) is 96.8 Å². The minimum absolute atomic E-state index is 0.182. The van der Waals surface area contributed by atoms with Crippen molar-refractivity contribution in [1.82, 2.24) is 0 Å². The van der Waals surface area contributed by atoms with Gasteiger partial charge in [-0.3, -0.25) is 0 Å². The molecule has 0 heterocycles. The molecule has 0 unspecified atom stereocenters. The van der Waals surface area contributed by atoms with E-state index in [9.17, 15) is 0 Å². The van der Waals surface area contributed by atoms with Crippen LogP contribution in [0.4, 0.5) is 0 Å². The first-order chi connectivity index (χ1) is 26.3. The topological polar surface area (TPSA) is 0 Å². The number of benzene rings is 6. The van der Waals surface area contributed by atoms with Crippen LogP contribution in [0, 0.1) is 0 Å². The molecular weight excluding hydrogens is 918 g/mol. The molecule has 0 amide bonds. The molecule has 0 fully saturated rings. The van der Waals surface area contributed by atoms with Crippen molar-refractivity contribution in [2.75, 3.05) is 0 Å². The summed E-state index contributed by atoms with van der Waals surface area (Å²) >= 11 is -0.363. The van der Waals surface area contributed by atoms with E-state index < -0.39 is 17.6 Å². The van der Waals surface area contributed by atoms with Gasteiger partial charge in [0.15, 0.2) is 17.6 Å². The van der Waals surface area contributed by atoms with Crippen LogP contribution < -0.4 is 31.1 Å². The monoisotopic (exact) mass is 986 g/mol. The van der Waals surface area contributed by atoms with Gasteiger partial charge in [-0.1, -0.05) is 213 Å². The van der Waals surface area contributed by atoms with Gasteiger partial charge in [-0.05, 0) is 0 Å². The van der Waals surface area contributed by atoms with Crippen molar-refractivity contribution in [3.8, 4) is 0 Å². The predicted octanol–water partition coefficient (Wildman–Crippen LogP) is 10.7. The Morgan fingerprint density at radius 1 is 0.232 bits per heavy atom. The van der Waals surface area contributed by atoms with Crippen LogP contribution in [0.2, 0.25) is 13.7 Å². The van der Waals surface area contributed by atoms with Crippen LogP contribution in [-0.4, -0.2) is 59.9 Å². The quantitative estimate of drug-likeness (QED) is 0.115. The maximum atomic E-state index is 2.37. The Hall–Kier alpha value is -2.65. The molecule has 6 rings (SSSR count). The van der Waals surface area contributed by atoms with E-state index >= 15 is 0 Å². The maximum Gasteiger partial charge on any atom is 0.154 e. The van der Waals surface area contributed by atoms with Crippen LogP contribution in [0.1, 0.15) is 83.1 Å². The average Bonchev–Trinajstić information content (AvgIpc) is 3.13. The molecule has 0 aromatic heterocycles. The molecule has 0 aliphatic carbocycles. The van der Waals surface area contributed by atoms with Gasteiger partial charge in [-0.25, -0.2) is 0 Å². The summed E-state index contributed by atoms with van der Waals surface area (Å²) in [6, 6.07) is 65.0. The van der Waals surface area contributed by atoms with Gasteiger partial charge in [0.05, 0.1) is 0 Å². The minimum Gasteiger partial charge on any atom is -0.0624 e. The normalized spacial score (nSPS) is 11.7. The van der Waals surface area contributed by atoms with Crippen LogP contribution in [0.25, 0.3) is 0 Å². The van der Waals surface area contributed by atoms with Crippen molar-refractivity contribution in [1.29, 1.82) is 0 Å². The molecule has 0 atom stereocenters. The van der Waals surface area contributed by atoms with Gasteiger partial charge in [0.2, 0.25) is 0 Å². The molecule has 0 aliphatic rings. The summed E-state index contributed by atoms with van der Waals surface area (Å²) in [6.07, 6.45) is 0. The number of hydrogen-bond donors (Lipinski definition) is 0. The fourth-order valence-electron chi connectivity index (χ4n) is 6.88. The van der Waals surface area contributed by atoms with E-state index in [2.05, 4.69) is 265 Å². The molecule has 0 saturated carbocycles. The molecule has 290 valence electrons. The molecule has 0 saturated heterocycles. The molecule has 56 heavy (non-hydrogen) atoms. The third-order valence-electron chi connectivity index (χ3n) is 7.87. The largest absolute Gasteiger partial charge is 0.154 e. The Balaban J connectivity index is 0.000000214. The number of rotatable bonds is 6. The van der Waals surface area contributed by atoms with Crippen molar-refractivity contribution in [3.63, 3.8) is 0 Å². The van der Waals surface area contributed by atoms with Gasteiger partial charge in [0.25, 0.3) is 0 Å². The van der Waals surface area contributed by atoms with E-state index in [-0.39, 0.29) is 42.3 Å². The molecule has 0 spiro atoms. The molecule has 6 radical (unpaired) electrons. The zero-order valence-corrected chi connectivity index (χ0v) is 44.0. The van der Waals surface area contributed by atoms with Crippen molar-refractivity contribution >= 4 is 91.0 Å². The molecule has 0 aliphatic heterocycles. The van der Waals surface area contributed by atoms with Gasteiger partial charge < -0.3 is 0 Å². The molecule has 0 N–H and O–H groups in total. The summed E-state index contributed by atoms with van der Waals surface area (Å²) in [5.41, 5.74) is 0. The standard InChI is InChI=1S/2C18H15Si.4C4H9.2Sn/c2*1-4-10-16(11-5-1)19(17-12-6-2-7-13-17)18-14-8-3-9-15-18;4*1-4(2)3;;/h2*1-15H;4*1-3H3;;. The first kappa shape index (κ1) is 47.7. The van der Waals surface area contributed by atoms with E-state index in [1.807, 2.05) is 0 Å². The van der Waals surface area contributed by atoms with Gasteiger partial charge >= 0.3 is 139 Å².